The molecule has 0 atom stereocenters. The molecule has 0 aliphatic carbocycles. The Balaban J connectivity index is 1.01. The molecular formula is C61H37N5. The number of nitrogens with zero attached hydrogens (tertiary/aromatic N) is 5. The number of hydrogen-bond acceptors (Lipinski definition) is 3. The summed E-state index contributed by atoms with van der Waals surface area (Å²) < 4.78 is 4.93. The first-order valence-corrected chi connectivity index (χ1v) is 22.4. The second-order valence-corrected chi connectivity index (χ2v) is 17.2. The van der Waals surface area contributed by atoms with Crippen LogP contribution in [0.1, 0.15) is 0 Å². The van der Waals surface area contributed by atoms with Gasteiger partial charge in [0.2, 0.25) is 0 Å². The Kier molecular flexibility index (Phi) is 7.91. The zero-order chi connectivity index (χ0) is 43.3. The zero-order valence-corrected chi connectivity index (χ0v) is 35.6. The Labute approximate surface area is 379 Å². The van der Waals surface area contributed by atoms with Gasteiger partial charge in [0.1, 0.15) is 0 Å². The first kappa shape index (κ1) is 36.5. The molecule has 66 heavy (non-hydrogen) atoms. The predicted molar refractivity (Wildman–Crippen MR) is 275 cm³/mol. The van der Waals surface area contributed by atoms with Gasteiger partial charge < -0.3 is 9.13 Å². The molecule has 0 saturated carbocycles. The first-order chi connectivity index (χ1) is 32.7. The van der Waals surface area contributed by atoms with Crippen molar-refractivity contribution >= 4 is 86.7 Å². The van der Waals surface area contributed by atoms with E-state index in [1.165, 1.54) is 76.0 Å². The van der Waals surface area contributed by atoms with Crippen molar-refractivity contribution in [3.8, 4) is 45.5 Å². The molecule has 0 saturated heterocycles. The van der Waals surface area contributed by atoms with E-state index in [1.807, 2.05) is 18.2 Å². The summed E-state index contributed by atoms with van der Waals surface area (Å²) in [7, 11) is 0. The molecule has 5 heteroatoms. The lowest BCUT2D eigenvalue weighted by Crippen LogP contribution is -2.01. The highest BCUT2D eigenvalue weighted by Crippen LogP contribution is 2.45. The summed E-state index contributed by atoms with van der Waals surface area (Å²) in [5, 5.41) is 14.6. The maximum Gasteiger partial charge on any atom is 0.164 e. The fourth-order valence-electron chi connectivity index (χ4n) is 10.5. The Morgan fingerprint density at radius 3 is 1.55 bits per heavy atom. The van der Waals surface area contributed by atoms with Crippen LogP contribution in [-0.4, -0.2) is 24.1 Å². The summed E-state index contributed by atoms with van der Waals surface area (Å²) >= 11 is 0. The highest BCUT2D eigenvalue weighted by atomic mass is 15.0. The van der Waals surface area contributed by atoms with Gasteiger partial charge in [-0.05, 0) is 80.2 Å². The van der Waals surface area contributed by atoms with Gasteiger partial charge in [0, 0.05) is 49.3 Å². The number of para-hydroxylation sites is 2. The van der Waals surface area contributed by atoms with E-state index in [2.05, 4.69) is 215 Å². The average molecular weight is 840 g/mol. The van der Waals surface area contributed by atoms with Crippen molar-refractivity contribution in [2.45, 2.75) is 0 Å². The van der Waals surface area contributed by atoms with Gasteiger partial charge in [-0.15, -0.1) is 0 Å². The molecular weight excluding hydrogens is 803 g/mol. The van der Waals surface area contributed by atoms with Gasteiger partial charge in [0.25, 0.3) is 0 Å². The number of aromatic nitrogens is 5. The SMILES string of the molecule is c1ccc(-c2nc(-c3cccc(-n4c5ccccc5c5c(-n6c7ccccc7c7c8ccccc8ccc76)c6ccccc6cc54)c3)nc(-c3ccc4c(ccc5ccccc54)c3)n2)cc1. The minimum absolute atomic E-state index is 0.615. The van der Waals surface area contributed by atoms with Crippen LogP contribution < -0.4 is 0 Å². The van der Waals surface area contributed by atoms with Crippen molar-refractivity contribution in [3.63, 3.8) is 0 Å². The van der Waals surface area contributed by atoms with Crippen molar-refractivity contribution in [1.82, 2.24) is 24.1 Å². The largest absolute Gasteiger partial charge is 0.309 e. The highest BCUT2D eigenvalue weighted by Gasteiger charge is 2.23. The lowest BCUT2D eigenvalue weighted by Gasteiger charge is -2.16. The Hall–Kier alpha value is -8.93. The number of rotatable bonds is 5. The van der Waals surface area contributed by atoms with Crippen LogP contribution in [0.2, 0.25) is 0 Å². The molecule has 3 aromatic heterocycles. The second kappa shape index (κ2) is 14.3. The molecule has 3 heterocycles. The van der Waals surface area contributed by atoms with Crippen LogP contribution >= 0.6 is 0 Å². The van der Waals surface area contributed by atoms with Crippen molar-refractivity contribution in [2.24, 2.45) is 0 Å². The van der Waals surface area contributed by atoms with Crippen LogP contribution in [0.5, 0.6) is 0 Å². The first-order valence-electron chi connectivity index (χ1n) is 22.4. The van der Waals surface area contributed by atoms with Crippen LogP contribution in [0.3, 0.4) is 0 Å². The van der Waals surface area contributed by atoms with Crippen LogP contribution in [-0.2, 0) is 0 Å². The van der Waals surface area contributed by atoms with Crippen LogP contribution in [0, 0.1) is 0 Å². The molecule has 14 rings (SSSR count). The molecule has 0 amide bonds. The van der Waals surface area contributed by atoms with Gasteiger partial charge in [-0.3, -0.25) is 0 Å². The predicted octanol–water partition coefficient (Wildman–Crippen LogP) is 15.7. The normalized spacial score (nSPS) is 11.9. The van der Waals surface area contributed by atoms with E-state index in [4.69, 9.17) is 15.0 Å². The average Bonchev–Trinajstić information content (AvgIpc) is 3.91. The number of benzene rings is 11. The fraction of sp³-hybridized carbons (Fsp3) is 0. The highest BCUT2D eigenvalue weighted by molar-refractivity contribution is 6.25. The third kappa shape index (κ3) is 5.50. The van der Waals surface area contributed by atoms with Gasteiger partial charge in [-0.1, -0.05) is 182 Å². The molecule has 5 nitrogen and oxygen atoms in total. The van der Waals surface area contributed by atoms with E-state index < -0.39 is 0 Å². The van der Waals surface area contributed by atoms with Gasteiger partial charge >= 0.3 is 0 Å². The summed E-state index contributed by atoms with van der Waals surface area (Å²) in [5.74, 6) is 1.88. The van der Waals surface area contributed by atoms with E-state index in [9.17, 15) is 0 Å². The van der Waals surface area contributed by atoms with Gasteiger partial charge in [-0.2, -0.15) is 0 Å². The molecule has 0 aliphatic rings. The Morgan fingerprint density at radius 1 is 0.258 bits per heavy atom. The topological polar surface area (TPSA) is 48.5 Å². The van der Waals surface area contributed by atoms with E-state index in [0.717, 1.165) is 38.8 Å². The molecule has 0 unspecified atom stereocenters. The van der Waals surface area contributed by atoms with E-state index >= 15 is 0 Å². The molecule has 0 radical (unpaired) electrons. The number of fused-ring (bicyclic) bond motifs is 12. The minimum atomic E-state index is 0.615. The summed E-state index contributed by atoms with van der Waals surface area (Å²) in [4.78, 5) is 15.5. The molecule has 0 aliphatic heterocycles. The zero-order valence-electron chi connectivity index (χ0n) is 35.6. The van der Waals surface area contributed by atoms with Gasteiger partial charge in [0.05, 0.1) is 27.8 Å². The summed E-state index contributed by atoms with van der Waals surface area (Å²) in [5.41, 5.74) is 9.59. The van der Waals surface area contributed by atoms with Gasteiger partial charge in [0.15, 0.2) is 17.5 Å². The van der Waals surface area contributed by atoms with Crippen LogP contribution in [0.25, 0.3) is 132 Å². The molecule has 0 bridgehead atoms. The maximum absolute atomic E-state index is 5.25. The lowest BCUT2D eigenvalue weighted by atomic mass is 10.00. The number of hydrogen-bond donors (Lipinski definition) is 0. The van der Waals surface area contributed by atoms with Crippen LogP contribution in [0.15, 0.2) is 224 Å². The van der Waals surface area contributed by atoms with E-state index in [0.29, 0.717) is 17.5 Å². The third-order valence-corrected chi connectivity index (χ3v) is 13.5. The summed E-state index contributed by atoms with van der Waals surface area (Å²) in [6.07, 6.45) is 0. The van der Waals surface area contributed by atoms with E-state index in [-0.39, 0.29) is 0 Å². The molecule has 306 valence electrons. The molecule has 0 fully saturated rings. The van der Waals surface area contributed by atoms with Crippen LogP contribution in [0.4, 0.5) is 0 Å². The maximum atomic E-state index is 5.25. The van der Waals surface area contributed by atoms with Gasteiger partial charge in [-0.25, -0.2) is 15.0 Å². The quantitative estimate of drug-likeness (QED) is 0.162. The molecule has 14 aromatic rings. The van der Waals surface area contributed by atoms with Crippen molar-refractivity contribution in [3.05, 3.63) is 224 Å². The fourth-order valence-corrected chi connectivity index (χ4v) is 10.5. The smallest absolute Gasteiger partial charge is 0.164 e. The molecule has 0 N–H and O–H groups in total. The monoisotopic (exact) mass is 839 g/mol. The van der Waals surface area contributed by atoms with E-state index in [1.54, 1.807) is 0 Å². The molecule has 0 spiro atoms. The Bertz CT molecular complexity index is 4290. The standard InChI is InChI=1S/C61H37N5/c1-2-17-40(18-3-1)59-62-60(64-61(63-59)44-31-33-47-42(35-44)30-29-38-15-4-7-22-46(38)47)43-20-14-21-45(36-43)65-52-27-12-11-26-51(52)57-55(65)37-41-19-6-9-24-49(41)58(57)66-53-28-13-10-25-50(53)56-48-23-8-5-16-39(48)32-34-54(56)66/h1-37H. The van der Waals surface area contributed by atoms with Crippen molar-refractivity contribution in [1.29, 1.82) is 0 Å². The lowest BCUT2D eigenvalue weighted by molar-refractivity contribution is 1.07. The molecule has 11 aromatic carbocycles. The second-order valence-electron chi connectivity index (χ2n) is 17.2. The Morgan fingerprint density at radius 2 is 0.773 bits per heavy atom. The third-order valence-electron chi connectivity index (χ3n) is 13.5. The van der Waals surface area contributed by atoms with Crippen molar-refractivity contribution < 1.29 is 0 Å². The summed E-state index contributed by atoms with van der Waals surface area (Å²) in [6, 6.07) is 80.5. The minimum Gasteiger partial charge on any atom is -0.309 e. The summed E-state index contributed by atoms with van der Waals surface area (Å²) in [6.45, 7) is 0. The van der Waals surface area contributed by atoms with Crippen molar-refractivity contribution in [2.75, 3.05) is 0 Å².